The number of aryl methyl sites for hydroxylation is 1. The van der Waals surface area contributed by atoms with Gasteiger partial charge in [0.1, 0.15) is 17.8 Å². The molecule has 150 valence electrons. The van der Waals surface area contributed by atoms with Crippen LogP contribution in [-0.2, 0) is 0 Å². The van der Waals surface area contributed by atoms with Gasteiger partial charge in [-0.3, -0.25) is 0 Å². The molecule has 2 aromatic heterocycles. The fourth-order valence-electron chi connectivity index (χ4n) is 3.70. The van der Waals surface area contributed by atoms with Gasteiger partial charge < -0.3 is 29.9 Å². The van der Waals surface area contributed by atoms with Crippen molar-refractivity contribution >= 4 is 22.8 Å². The van der Waals surface area contributed by atoms with Crippen LogP contribution >= 0.6 is 0 Å². The van der Waals surface area contributed by atoms with E-state index in [-0.39, 0.29) is 19.3 Å². The van der Waals surface area contributed by atoms with Crippen molar-refractivity contribution in [1.29, 1.82) is 5.26 Å². The van der Waals surface area contributed by atoms with Crippen LogP contribution in [0.1, 0.15) is 12.5 Å². The van der Waals surface area contributed by atoms with Gasteiger partial charge in [-0.05, 0) is 19.4 Å². The molecule has 0 bridgehead atoms. The molecule has 3 N–H and O–H groups in total. The van der Waals surface area contributed by atoms with E-state index in [0.29, 0.717) is 38.7 Å². The second-order valence-corrected chi connectivity index (χ2v) is 6.83. The molecule has 0 aromatic carbocycles. The average molecular weight is 386 g/mol. The van der Waals surface area contributed by atoms with Gasteiger partial charge in [0.15, 0.2) is 0 Å². The number of nitrogens with zero attached hydrogens (tertiary/aromatic N) is 7. The Kier molecular flexibility index (Phi) is 6.28. The van der Waals surface area contributed by atoms with E-state index in [1.165, 1.54) is 0 Å². The van der Waals surface area contributed by atoms with Crippen molar-refractivity contribution in [3.05, 3.63) is 18.1 Å². The maximum Gasteiger partial charge on any atom is 0.213 e. The van der Waals surface area contributed by atoms with E-state index >= 15 is 0 Å². The Bertz CT molecular complexity index is 868. The van der Waals surface area contributed by atoms with Crippen molar-refractivity contribution < 1.29 is 10.2 Å². The molecule has 0 aliphatic carbocycles. The van der Waals surface area contributed by atoms with Gasteiger partial charge in [-0.1, -0.05) is 0 Å². The molecule has 1 aliphatic rings. The van der Waals surface area contributed by atoms with E-state index in [2.05, 4.69) is 31.8 Å². The van der Waals surface area contributed by atoms with Crippen LogP contribution in [0.25, 0.3) is 11.0 Å². The van der Waals surface area contributed by atoms with Gasteiger partial charge in [0.05, 0.1) is 18.6 Å². The van der Waals surface area contributed by atoms with Gasteiger partial charge in [0.25, 0.3) is 0 Å². The summed E-state index contributed by atoms with van der Waals surface area (Å²) < 4.78 is 0. The first-order valence-corrected chi connectivity index (χ1v) is 9.34. The highest BCUT2D eigenvalue weighted by atomic mass is 16.3. The Labute approximate surface area is 163 Å². The van der Waals surface area contributed by atoms with E-state index in [9.17, 15) is 10.2 Å². The van der Waals surface area contributed by atoms with Gasteiger partial charge in [-0.2, -0.15) is 5.26 Å². The van der Waals surface area contributed by atoms with E-state index < -0.39 is 0 Å². The van der Waals surface area contributed by atoms with Gasteiger partial charge in [0.2, 0.25) is 12.2 Å². The monoisotopic (exact) mass is 386 g/mol. The molecule has 0 amide bonds. The highest BCUT2D eigenvalue weighted by Gasteiger charge is 2.30. The summed E-state index contributed by atoms with van der Waals surface area (Å²) >= 11 is 0. The largest absolute Gasteiger partial charge is 0.395 e. The molecule has 2 aromatic rings. The number of rotatable bonds is 5. The Hall–Kier alpha value is -2.90. The van der Waals surface area contributed by atoms with Crippen LogP contribution in [0.3, 0.4) is 0 Å². The Morgan fingerprint density at radius 2 is 2.11 bits per heavy atom. The zero-order chi connectivity index (χ0) is 20.1. The number of aliphatic imine (C=N–C) groups is 1. The molecule has 0 spiro atoms. The van der Waals surface area contributed by atoms with Crippen molar-refractivity contribution in [1.82, 2.24) is 24.8 Å². The number of aromatic nitrogens is 3. The summed E-state index contributed by atoms with van der Waals surface area (Å²) in [6.45, 7) is 6.61. The fourth-order valence-corrected chi connectivity index (χ4v) is 3.70. The highest BCUT2D eigenvalue weighted by molar-refractivity contribution is 5.90. The van der Waals surface area contributed by atoms with Crippen LogP contribution in [0.4, 0.5) is 5.82 Å². The lowest BCUT2D eigenvalue weighted by Gasteiger charge is -2.44. The Morgan fingerprint density at radius 1 is 1.36 bits per heavy atom. The molecule has 28 heavy (non-hydrogen) atoms. The van der Waals surface area contributed by atoms with Gasteiger partial charge in [-0.15, -0.1) is 4.99 Å². The standard InChI is InChI=1S/C18H26N8O2/c1-13-9-20-16-15(13)17(23-12-22-16)25-3-4-26(14(2)10-25)18(21-11-19)24(5-7-27)6-8-28/h9,12,14,27-28H,3-8,10H2,1-2H3,(H,20,22,23)/b21-18+/t14-/m0/s1. The van der Waals surface area contributed by atoms with Crippen LogP contribution in [-0.4, -0.2) is 92.9 Å². The summed E-state index contributed by atoms with van der Waals surface area (Å²) in [5.41, 5.74) is 1.92. The number of guanidine groups is 1. The van der Waals surface area contributed by atoms with Crippen LogP contribution in [0.15, 0.2) is 17.5 Å². The fraction of sp³-hybridized carbons (Fsp3) is 0.556. The molecular formula is C18H26N8O2. The van der Waals surface area contributed by atoms with E-state index in [0.717, 1.165) is 22.4 Å². The molecular weight excluding hydrogens is 360 g/mol. The summed E-state index contributed by atoms with van der Waals surface area (Å²) in [5.74, 6) is 1.39. The predicted molar refractivity (Wildman–Crippen MR) is 106 cm³/mol. The molecule has 3 heterocycles. The first-order chi connectivity index (χ1) is 13.6. The number of hydrogen-bond acceptors (Lipinski definition) is 7. The van der Waals surface area contributed by atoms with Crippen molar-refractivity contribution in [2.45, 2.75) is 19.9 Å². The van der Waals surface area contributed by atoms with Crippen molar-refractivity contribution in [2.75, 3.05) is 50.8 Å². The van der Waals surface area contributed by atoms with Crippen molar-refractivity contribution in [2.24, 2.45) is 4.99 Å². The zero-order valence-corrected chi connectivity index (χ0v) is 16.2. The lowest BCUT2D eigenvalue weighted by Crippen LogP contribution is -2.58. The minimum atomic E-state index is -0.0789. The van der Waals surface area contributed by atoms with Crippen LogP contribution in [0, 0.1) is 18.4 Å². The lowest BCUT2D eigenvalue weighted by atomic mass is 10.1. The summed E-state index contributed by atoms with van der Waals surface area (Å²) in [5, 5.41) is 28.8. The van der Waals surface area contributed by atoms with Crippen molar-refractivity contribution in [3.63, 3.8) is 0 Å². The molecule has 3 rings (SSSR count). The second-order valence-electron chi connectivity index (χ2n) is 6.83. The first kappa shape index (κ1) is 19.9. The summed E-state index contributed by atoms with van der Waals surface area (Å²) in [7, 11) is 0. The molecule has 0 radical (unpaired) electrons. The third kappa shape index (κ3) is 3.85. The van der Waals surface area contributed by atoms with Crippen LogP contribution in [0.5, 0.6) is 0 Å². The number of aromatic amines is 1. The molecule has 0 unspecified atom stereocenters. The van der Waals surface area contributed by atoms with Crippen LogP contribution in [0.2, 0.25) is 0 Å². The maximum absolute atomic E-state index is 9.34. The minimum absolute atomic E-state index is 0.0602. The second kappa shape index (κ2) is 8.86. The number of hydrogen-bond donors (Lipinski definition) is 3. The number of nitrogens with one attached hydrogen (secondary N) is 1. The topological polar surface area (TPSA) is 128 Å². The maximum atomic E-state index is 9.34. The third-order valence-electron chi connectivity index (χ3n) is 5.00. The van der Waals surface area contributed by atoms with Crippen LogP contribution < -0.4 is 4.90 Å². The third-order valence-corrected chi connectivity index (χ3v) is 5.00. The summed E-state index contributed by atoms with van der Waals surface area (Å²) in [4.78, 5) is 22.0. The lowest BCUT2D eigenvalue weighted by molar-refractivity contribution is 0.184. The smallest absolute Gasteiger partial charge is 0.213 e. The zero-order valence-electron chi connectivity index (χ0n) is 16.2. The van der Waals surface area contributed by atoms with E-state index in [1.54, 1.807) is 11.2 Å². The Morgan fingerprint density at radius 3 is 2.75 bits per heavy atom. The molecule has 10 nitrogen and oxygen atoms in total. The molecule has 1 fully saturated rings. The summed E-state index contributed by atoms with van der Waals surface area (Å²) in [6.07, 6.45) is 5.36. The first-order valence-electron chi connectivity index (χ1n) is 9.34. The minimum Gasteiger partial charge on any atom is -0.395 e. The average Bonchev–Trinajstić information content (AvgIpc) is 3.08. The number of nitriles is 1. The Balaban J connectivity index is 1.83. The van der Waals surface area contributed by atoms with Crippen molar-refractivity contribution in [3.8, 4) is 6.19 Å². The quantitative estimate of drug-likeness (QED) is 0.369. The predicted octanol–water partition coefficient (Wildman–Crippen LogP) is -0.0995. The van der Waals surface area contributed by atoms with Gasteiger partial charge >= 0.3 is 0 Å². The van der Waals surface area contributed by atoms with Gasteiger partial charge in [-0.25, -0.2) is 9.97 Å². The van der Waals surface area contributed by atoms with Gasteiger partial charge in [0, 0.05) is 45.0 Å². The number of fused-ring (bicyclic) bond motifs is 1. The molecule has 10 heteroatoms. The number of H-pyrrole nitrogens is 1. The normalized spacial score (nSPS) is 17.8. The number of aliphatic hydroxyl groups excluding tert-OH is 2. The van der Waals surface area contributed by atoms with E-state index in [4.69, 9.17) is 5.26 Å². The molecule has 1 aliphatic heterocycles. The highest BCUT2D eigenvalue weighted by Crippen LogP contribution is 2.27. The SMILES string of the molecule is Cc1c[nH]c2ncnc(N3CCN(/C(=N/C#N)N(CCO)CCO)[C@@H](C)C3)c12. The molecule has 1 saturated heterocycles. The summed E-state index contributed by atoms with van der Waals surface area (Å²) in [6, 6.07) is 0.0602. The molecule has 0 saturated carbocycles. The number of piperazine rings is 1. The molecule has 1 atom stereocenters. The number of aliphatic hydroxyl groups is 2. The van der Waals surface area contributed by atoms with E-state index in [1.807, 2.05) is 24.2 Å². The number of anilines is 1.